The molecule has 1 aliphatic rings. The number of carboxylic acid groups (broad SMARTS) is 1. The number of carboxylic acids is 1. The number of ether oxygens (including phenoxy) is 1. The molecule has 2 rings (SSSR count). The minimum absolute atomic E-state index is 0.115. The highest BCUT2D eigenvalue weighted by Gasteiger charge is 2.43. The Kier molecular flexibility index (Phi) is 3.82. The number of aliphatic carboxylic acids is 1. The molecule has 0 saturated heterocycles. The third-order valence-electron chi connectivity index (χ3n) is 3.35. The SMILES string of the molecule is NC1(C(=O)O)CCC(Oc2ccc([N+](=O)[O-])cc2Cl)C1. The predicted molar refractivity (Wildman–Crippen MR) is 70.9 cm³/mol. The molecule has 8 heteroatoms. The van der Waals surface area contributed by atoms with Crippen LogP contribution in [0.3, 0.4) is 0 Å². The predicted octanol–water partition coefficient (Wildman–Crippen LogP) is 1.96. The second-order valence-corrected chi connectivity index (χ2v) is 5.22. The largest absolute Gasteiger partial charge is 0.489 e. The van der Waals surface area contributed by atoms with Gasteiger partial charge in [-0.2, -0.15) is 0 Å². The Labute approximate surface area is 119 Å². The zero-order valence-electron chi connectivity index (χ0n) is 10.4. The lowest BCUT2D eigenvalue weighted by Crippen LogP contribution is -2.46. The first-order chi connectivity index (χ1) is 9.32. The molecule has 0 heterocycles. The van der Waals surface area contributed by atoms with Crippen molar-refractivity contribution in [3.05, 3.63) is 33.3 Å². The Morgan fingerprint density at radius 3 is 2.80 bits per heavy atom. The number of hydrogen-bond donors (Lipinski definition) is 2. The minimum atomic E-state index is -1.28. The van der Waals surface area contributed by atoms with Crippen molar-refractivity contribution in [2.24, 2.45) is 5.73 Å². The van der Waals surface area contributed by atoms with Crippen molar-refractivity contribution in [1.29, 1.82) is 0 Å². The summed E-state index contributed by atoms with van der Waals surface area (Å²) in [5, 5.41) is 19.7. The Morgan fingerprint density at radius 1 is 1.60 bits per heavy atom. The van der Waals surface area contributed by atoms with Gasteiger partial charge in [0, 0.05) is 18.6 Å². The van der Waals surface area contributed by atoms with Gasteiger partial charge in [0.25, 0.3) is 5.69 Å². The van der Waals surface area contributed by atoms with E-state index >= 15 is 0 Å². The molecule has 108 valence electrons. The summed E-state index contributed by atoms with van der Waals surface area (Å²) in [4.78, 5) is 21.1. The van der Waals surface area contributed by atoms with Gasteiger partial charge in [0.05, 0.1) is 9.95 Å². The van der Waals surface area contributed by atoms with Crippen molar-refractivity contribution < 1.29 is 19.6 Å². The Hall–Kier alpha value is -1.86. The molecular formula is C12H13ClN2O5. The number of nitro benzene ring substituents is 1. The fourth-order valence-electron chi connectivity index (χ4n) is 2.20. The lowest BCUT2D eigenvalue weighted by molar-refractivity contribution is -0.384. The van der Waals surface area contributed by atoms with E-state index in [9.17, 15) is 14.9 Å². The first-order valence-electron chi connectivity index (χ1n) is 5.95. The van der Waals surface area contributed by atoms with Crippen molar-refractivity contribution in [3.63, 3.8) is 0 Å². The van der Waals surface area contributed by atoms with Crippen LogP contribution in [0.5, 0.6) is 5.75 Å². The molecular weight excluding hydrogens is 288 g/mol. The summed E-state index contributed by atoms with van der Waals surface area (Å²) in [6.45, 7) is 0. The maximum atomic E-state index is 11.0. The van der Waals surface area contributed by atoms with E-state index in [4.69, 9.17) is 27.2 Å². The maximum Gasteiger partial charge on any atom is 0.323 e. The van der Waals surface area contributed by atoms with Crippen LogP contribution in [0.1, 0.15) is 19.3 Å². The van der Waals surface area contributed by atoms with Crippen molar-refractivity contribution >= 4 is 23.3 Å². The van der Waals surface area contributed by atoms with Gasteiger partial charge in [-0.25, -0.2) is 0 Å². The Morgan fingerprint density at radius 2 is 2.30 bits per heavy atom. The van der Waals surface area contributed by atoms with Crippen LogP contribution in [0, 0.1) is 10.1 Å². The van der Waals surface area contributed by atoms with Gasteiger partial charge in [-0.15, -0.1) is 0 Å². The van der Waals surface area contributed by atoms with E-state index in [-0.39, 0.29) is 29.0 Å². The van der Waals surface area contributed by atoms with Crippen LogP contribution in [0.25, 0.3) is 0 Å². The highest BCUT2D eigenvalue weighted by atomic mass is 35.5. The second kappa shape index (κ2) is 5.26. The number of nitrogens with zero attached hydrogens (tertiary/aromatic N) is 1. The standard InChI is InChI=1S/C12H13ClN2O5/c13-9-5-7(15(18)19)1-2-10(9)20-8-3-4-12(14,6-8)11(16)17/h1-2,5,8H,3-4,6,14H2,(H,16,17). The molecule has 1 aliphatic carbocycles. The fourth-order valence-corrected chi connectivity index (χ4v) is 2.42. The zero-order chi connectivity index (χ0) is 14.9. The van der Waals surface area contributed by atoms with E-state index in [0.717, 1.165) is 0 Å². The zero-order valence-corrected chi connectivity index (χ0v) is 11.2. The van der Waals surface area contributed by atoms with Crippen LogP contribution in [0.15, 0.2) is 18.2 Å². The highest BCUT2D eigenvalue weighted by molar-refractivity contribution is 6.32. The van der Waals surface area contributed by atoms with Crippen molar-refractivity contribution in [3.8, 4) is 5.75 Å². The average molecular weight is 301 g/mol. The van der Waals surface area contributed by atoms with Crippen molar-refractivity contribution in [2.45, 2.75) is 30.9 Å². The Bertz CT molecular complexity index is 565. The van der Waals surface area contributed by atoms with Gasteiger partial charge in [-0.1, -0.05) is 11.6 Å². The molecule has 1 aromatic carbocycles. The first kappa shape index (κ1) is 14.5. The normalized spacial score (nSPS) is 25.4. The third kappa shape index (κ3) is 2.83. The van der Waals surface area contributed by atoms with Crippen LogP contribution in [0.2, 0.25) is 5.02 Å². The van der Waals surface area contributed by atoms with Crippen LogP contribution < -0.4 is 10.5 Å². The topological polar surface area (TPSA) is 116 Å². The summed E-state index contributed by atoms with van der Waals surface area (Å²) in [5.41, 5.74) is 4.33. The molecule has 0 aromatic heterocycles. The lowest BCUT2D eigenvalue weighted by atomic mass is 10.00. The third-order valence-corrected chi connectivity index (χ3v) is 3.65. The summed E-state index contributed by atoms with van der Waals surface area (Å²) in [5.74, 6) is -0.768. The summed E-state index contributed by atoms with van der Waals surface area (Å²) in [6.07, 6.45) is 0.624. The number of halogens is 1. The van der Waals surface area contributed by atoms with Crippen molar-refractivity contribution in [2.75, 3.05) is 0 Å². The van der Waals surface area contributed by atoms with Gasteiger partial charge in [0.2, 0.25) is 0 Å². The van der Waals surface area contributed by atoms with Crippen LogP contribution >= 0.6 is 11.6 Å². The first-order valence-corrected chi connectivity index (χ1v) is 6.32. The van der Waals surface area contributed by atoms with E-state index in [1.807, 2.05) is 0 Å². The quantitative estimate of drug-likeness (QED) is 0.648. The van der Waals surface area contributed by atoms with E-state index in [1.165, 1.54) is 18.2 Å². The molecule has 3 N–H and O–H groups in total. The molecule has 0 radical (unpaired) electrons. The lowest BCUT2D eigenvalue weighted by Gasteiger charge is -2.19. The van der Waals surface area contributed by atoms with Gasteiger partial charge in [-0.3, -0.25) is 14.9 Å². The maximum absolute atomic E-state index is 11.0. The summed E-state index contributed by atoms with van der Waals surface area (Å²) in [7, 11) is 0. The van der Waals surface area contributed by atoms with E-state index in [0.29, 0.717) is 12.8 Å². The summed E-state index contributed by atoms with van der Waals surface area (Å²) in [6, 6.07) is 3.87. The number of carbonyl (C=O) groups is 1. The van der Waals surface area contributed by atoms with E-state index in [1.54, 1.807) is 0 Å². The number of nitro groups is 1. The highest BCUT2D eigenvalue weighted by Crippen LogP contribution is 2.35. The Balaban J connectivity index is 2.09. The summed E-state index contributed by atoms with van der Waals surface area (Å²) < 4.78 is 5.59. The van der Waals surface area contributed by atoms with Gasteiger partial charge in [0.15, 0.2) is 0 Å². The number of benzene rings is 1. The van der Waals surface area contributed by atoms with Gasteiger partial charge in [0.1, 0.15) is 17.4 Å². The number of nitrogens with two attached hydrogens (primary N) is 1. The molecule has 20 heavy (non-hydrogen) atoms. The van der Waals surface area contributed by atoms with E-state index < -0.39 is 16.4 Å². The fraction of sp³-hybridized carbons (Fsp3) is 0.417. The average Bonchev–Trinajstić information content (AvgIpc) is 2.75. The van der Waals surface area contributed by atoms with Crippen LogP contribution in [-0.2, 0) is 4.79 Å². The summed E-state index contributed by atoms with van der Waals surface area (Å²) >= 11 is 5.91. The molecule has 2 atom stereocenters. The van der Waals surface area contributed by atoms with Crippen molar-refractivity contribution in [1.82, 2.24) is 0 Å². The number of rotatable bonds is 4. The smallest absolute Gasteiger partial charge is 0.323 e. The number of non-ortho nitro benzene ring substituents is 1. The molecule has 2 unspecified atom stereocenters. The van der Waals surface area contributed by atoms with Crippen LogP contribution in [-0.4, -0.2) is 27.6 Å². The molecule has 1 saturated carbocycles. The molecule has 1 fully saturated rings. The number of hydrogen-bond acceptors (Lipinski definition) is 5. The van der Waals surface area contributed by atoms with Gasteiger partial charge in [-0.05, 0) is 18.9 Å². The molecule has 7 nitrogen and oxygen atoms in total. The molecule has 0 spiro atoms. The van der Waals surface area contributed by atoms with E-state index in [2.05, 4.69) is 0 Å². The molecule has 0 bridgehead atoms. The second-order valence-electron chi connectivity index (χ2n) is 4.82. The minimum Gasteiger partial charge on any atom is -0.489 e. The van der Waals surface area contributed by atoms with Crippen LogP contribution in [0.4, 0.5) is 5.69 Å². The molecule has 1 aromatic rings. The molecule has 0 amide bonds. The van der Waals surface area contributed by atoms with Gasteiger partial charge >= 0.3 is 5.97 Å². The monoisotopic (exact) mass is 300 g/mol. The molecule has 0 aliphatic heterocycles. The van der Waals surface area contributed by atoms with Gasteiger partial charge < -0.3 is 15.6 Å².